The summed E-state index contributed by atoms with van der Waals surface area (Å²) in [6.45, 7) is 6.28. The van der Waals surface area contributed by atoms with Gasteiger partial charge in [-0.3, -0.25) is 19.6 Å². The number of allylic oxidation sites excluding steroid dienone is 4. The molecule has 314 valence electrons. The van der Waals surface area contributed by atoms with E-state index in [-0.39, 0.29) is 36.2 Å². The smallest absolute Gasteiger partial charge is 0.228 e. The molecule has 2 saturated carbocycles. The zero-order chi connectivity index (χ0) is 43.1. The van der Waals surface area contributed by atoms with Crippen LogP contribution in [0.5, 0.6) is 11.5 Å². The Hall–Kier alpha value is -7.34. The summed E-state index contributed by atoms with van der Waals surface area (Å²) in [5.74, 6) is 1.69. The van der Waals surface area contributed by atoms with E-state index in [1.807, 2.05) is 106 Å². The number of carbonyl (C=O) groups excluding carboxylic acids is 2. The fourth-order valence-corrected chi connectivity index (χ4v) is 9.33. The number of carbonyl (C=O) groups is 2. The molecule has 10 rings (SSSR count). The quantitative estimate of drug-likeness (QED) is 0.115. The Labute approximate surface area is 365 Å². The average molecular weight is 835 g/mol. The number of aromatic nitrogens is 6. The van der Waals surface area contributed by atoms with Crippen LogP contribution in [0.4, 0.5) is 11.4 Å². The van der Waals surface area contributed by atoms with Crippen LogP contribution in [0.3, 0.4) is 0 Å². The second kappa shape index (κ2) is 16.2. The van der Waals surface area contributed by atoms with Gasteiger partial charge >= 0.3 is 0 Å². The van der Waals surface area contributed by atoms with E-state index in [0.29, 0.717) is 54.7 Å². The minimum Gasteiger partial charge on any atom is -0.489 e. The van der Waals surface area contributed by atoms with Gasteiger partial charge in [0, 0.05) is 46.1 Å². The van der Waals surface area contributed by atoms with E-state index >= 15 is 0 Å². The molecule has 0 saturated heterocycles. The van der Waals surface area contributed by atoms with Gasteiger partial charge in [-0.2, -0.15) is 0 Å². The van der Waals surface area contributed by atoms with Crippen molar-refractivity contribution in [2.24, 2.45) is 23.2 Å². The van der Waals surface area contributed by atoms with Crippen molar-refractivity contribution in [3.8, 4) is 11.5 Å². The third-order valence-electron chi connectivity index (χ3n) is 13.1. The Kier molecular flexibility index (Phi) is 10.2. The third-order valence-corrected chi connectivity index (χ3v) is 13.1. The first-order chi connectivity index (χ1) is 30.7. The van der Waals surface area contributed by atoms with Crippen LogP contribution in [-0.4, -0.2) is 54.9 Å². The van der Waals surface area contributed by atoms with Gasteiger partial charge in [0.15, 0.2) is 17.3 Å². The summed E-state index contributed by atoms with van der Waals surface area (Å²) in [7, 11) is 0. The summed E-state index contributed by atoms with van der Waals surface area (Å²) < 4.78 is 13.0. The summed E-state index contributed by atoms with van der Waals surface area (Å²) in [6.07, 6.45) is 16.9. The zero-order valence-corrected chi connectivity index (χ0v) is 35.3. The van der Waals surface area contributed by atoms with Crippen molar-refractivity contribution in [1.29, 1.82) is 0 Å². The van der Waals surface area contributed by atoms with Gasteiger partial charge in [0.05, 0.1) is 59.8 Å². The highest BCUT2D eigenvalue weighted by Crippen LogP contribution is 2.61. The van der Waals surface area contributed by atoms with E-state index in [1.165, 1.54) is 0 Å². The zero-order valence-electron chi connectivity index (χ0n) is 35.3. The monoisotopic (exact) mass is 834 g/mol. The van der Waals surface area contributed by atoms with Gasteiger partial charge in [0.25, 0.3) is 0 Å². The Morgan fingerprint density at radius 3 is 2.25 bits per heavy atom. The number of pyridine rings is 2. The number of anilines is 2. The van der Waals surface area contributed by atoms with E-state index in [4.69, 9.17) is 19.4 Å². The van der Waals surface area contributed by atoms with Crippen molar-refractivity contribution in [2.75, 3.05) is 23.8 Å². The van der Waals surface area contributed by atoms with Crippen LogP contribution in [0, 0.1) is 43.9 Å². The van der Waals surface area contributed by atoms with Gasteiger partial charge in [-0.05, 0) is 98.9 Å². The number of hydrogen-bond acceptors (Lipinski definition) is 10. The molecule has 4 aromatic heterocycles. The van der Waals surface area contributed by atoms with Crippen molar-refractivity contribution >= 4 is 50.4 Å². The molecule has 3 aliphatic carbocycles. The summed E-state index contributed by atoms with van der Waals surface area (Å²) in [6, 6.07) is 27.5. The number of hydrogen-bond donors (Lipinski definition) is 2. The van der Waals surface area contributed by atoms with Crippen LogP contribution in [0.25, 0.3) is 27.2 Å². The molecule has 7 aromatic rings. The Morgan fingerprint density at radius 2 is 1.44 bits per heavy atom. The molecule has 2 fully saturated rings. The lowest BCUT2D eigenvalue weighted by Crippen LogP contribution is -2.30. The van der Waals surface area contributed by atoms with E-state index in [1.54, 1.807) is 31.0 Å². The highest BCUT2D eigenvalue weighted by molar-refractivity contribution is 6.04. The third kappa shape index (κ3) is 7.66. The number of aryl methyl sites for hydroxylation is 3. The first-order valence-electron chi connectivity index (χ1n) is 21.3. The fourth-order valence-electron chi connectivity index (χ4n) is 9.33. The molecule has 5 atom stereocenters. The first-order valence-corrected chi connectivity index (χ1v) is 21.3. The second-order valence-electron chi connectivity index (χ2n) is 17.0. The molecule has 3 aliphatic rings. The molecule has 0 bridgehead atoms. The summed E-state index contributed by atoms with van der Waals surface area (Å²) in [5.41, 5.74) is 4.73. The Balaban J connectivity index is 0.855. The molecule has 0 spiro atoms. The minimum atomic E-state index is -0.513. The molecular formula is C51H46N8O4. The number of ether oxygens (including phenoxy) is 2. The SMILES string of the molecule is Cc1ncc(OC[C@@]2(C3C=CC=C(c4ncc(OC[C@@]5(c6ccccc6)C[C@H]5C(=O)Nc5cccc6ccncc56)c(C)n4)C3)C[C@H]2C(=O)Nc2cccc3ncccc23)c(C)n1. The van der Waals surface area contributed by atoms with Gasteiger partial charge in [-0.25, -0.2) is 19.9 Å². The molecule has 12 heteroatoms. The molecule has 2 N–H and O–H groups in total. The number of nitrogens with zero attached hydrogens (tertiary/aromatic N) is 6. The Bertz CT molecular complexity index is 2960. The van der Waals surface area contributed by atoms with Gasteiger partial charge in [-0.1, -0.05) is 66.8 Å². The van der Waals surface area contributed by atoms with Crippen LogP contribution >= 0.6 is 0 Å². The molecule has 0 aliphatic heterocycles. The lowest BCUT2D eigenvalue weighted by Gasteiger charge is -2.29. The van der Waals surface area contributed by atoms with Gasteiger partial charge < -0.3 is 20.1 Å². The molecule has 63 heavy (non-hydrogen) atoms. The number of nitrogens with one attached hydrogen (secondary N) is 2. The predicted molar refractivity (Wildman–Crippen MR) is 242 cm³/mol. The fraction of sp³-hybridized carbons (Fsp3) is 0.255. The summed E-state index contributed by atoms with van der Waals surface area (Å²) >= 11 is 0. The molecule has 1 unspecified atom stereocenters. The topological polar surface area (TPSA) is 154 Å². The lowest BCUT2D eigenvalue weighted by molar-refractivity contribution is -0.119. The van der Waals surface area contributed by atoms with Crippen molar-refractivity contribution in [1.82, 2.24) is 29.9 Å². The second-order valence-corrected chi connectivity index (χ2v) is 17.0. The largest absolute Gasteiger partial charge is 0.489 e. The van der Waals surface area contributed by atoms with Crippen molar-refractivity contribution in [3.63, 3.8) is 0 Å². The number of benzene rings is 3. The highest BCUT2D eigenvalue weighted by atomic mass is 16.5. The molecule has 3 aromatic carbocycles. The van der Waals surface area contributed by atoms with Gasteiger partial charge in [0.2, 0.25) is 11.8 Å². The molecule has 4 heterocycles. The van der Waals surface area contributed by atoms with Crippen molar-refractivity contribution in [3.05, 3.63) is 163 Å². The van der Waals surface area contributed by atoms with Crippen molar-refractivity contribution < 1.29 is 19.1 Å². The van der Waals surface area contributed by atoms with E-state index in [9.17, 15) is 9.59 Å². The lowest BCUT2D eigenvalue weighted by atomic mass is 9.79. The van der Waals surface area contributed by atoms with E-state index in [2.05, 4.69) is 48.8 Å². The number of rotatable bonds is 13. The predicted octanol–water partition coefficient (Wildman–Crippen LogP) is 8.95. The minimum absolute atomic E-state index is 0.0391. The number of amides is 2. The van der Waals surface area contributed by atoms with Gasteiger partial charge in [0.1, 0.15) is 5.82 Å². The average Bonchev–Trinajstić information content (AvgIpc) is 4.24. The van der Waals surface area contributed by atoms with Crippen LogP contribution < -0.4 is 20.1 Å². The molecular weight excluding hydrogens is 789 g/mol. The summed E-state index contributed by atoms with van der Waals surface area (Å²) in [4.78, 5) is 55.4. The standard InChI is InChI=1S/C51H46N8O4/c1-31-45(27-54-33(3)56-31)63-30-51(25-41(51)49(61)58-43-19-9-17-42-38(43)16-10-21-53-42)37-15-7-12-35(23-37)47-55-28-46(32(2)57-47)62-29-50(36-13-5-4-6-14-36)24-40(50)48(60)59-44-18-8-11-34-20-22-52-26-39(34)44/h4-22,26-28,37,40-41H,23-25,29-30H2,1-3H3,(H,58,61)(H,59,60)/t37?,40-,41-,50+,51+/m0/s1. The normalized spacial score (nSPS) is 22.3. The first kappa shape index (κ1) is 39.8. The molecule has 0 radical (unpaired) electrons. The Morgan fingerprint density at radius 1 is 0.698 bits per heavy atom. The van der Waals surface area contributed by atoms with Crippen LogP contribution in [-0.2, 0) is 15.0 Å². The number of fused-ring (bicyclic) bond motifs is 2. The van der Waals surface area contributed by atoms with Crippen LogP contribution in [0.15, 0.2) is 134 Å². The maximum atomic E-state index is 14.1. The maximum absolute atomic E-state index is 14.1. The maximum Gasteiger partial charge on any atom is 0.228 e. The van der Waals surface area contributed by atoms with Gasteiger partial charge in [-0.15, -0.1) is 0 Å². The van der Waals surface area contributed by atoms with Crippen LogP contribution in [0.1, 0.15) is 47.9 Å². The van der Waals surface area contributed by atoms with E-state index < -0.39 is 10.8 Å². The molecule has 2 amide bonds. The molecule has 12 nitrogen and oxygen atoms in total. The van der Waals surface area contributed by atoms with Crippen molar-refractivity contribution in [2.45, 2.75) is 45.4 Å². The van der Waals surface area contributed by atoms with E-state index in [0.717, 1.165) is 49.9 Å². The summed E-state index contributed by atoms with van der Waals surface area (Å²) in [5, 5.41) is 9.19. The highest BCUT2D eigenvalue weighted by Gasteiger charge is 2.63. The van der Waals surface area contributed by atoms with Crippen LogP contribution in [0.2, 0.25) is 0 Å².